The molecule has 0 saturated carbocycles. The predicted molar refractivity (Wildman–Crippen MR) is 146 cm³/mol. The van der Waals surface area contributed by atoms with Crippen LogP contribution >= 0.6 is 20.8 Å². The molecule has 0 saturated heterocycles. The van der Waals surface area contributed by atoms with Crippen molar-refractivity contribution in [1.29, 1.82) is 0 Å². The first-order valence-corrected chi connectivity index (χ1v) is 16.1. The minimum absolute atomic E-state index is 1.13. The van der Waals surface area contributed by atoms with E-state index in [1.807, 2.05) is 0 Å². The number of rotatable bonds is 12. The Morgan fingerprint density at radius 3 is 1.39 bits per heavy atom. The van der Waals surface area contributed by atoms with Crippen molar-refractivity contribution >= 4 is 36.7 Å². The van der Waals surface area contributed by atoms with E-state index in [1.165, 1.54) is 60.9 Å². The Morgan fingerprint density at radius 2 is 0.968 bits per heavy atom. The molecule has 2 heteroatoms. The number of halogens is 1. The number of unbranched alkanes of at least 4 members (excludes halogenated alkanes) is 7. The van der Waals surface area contributed by atoms with E-state index in [0.717, 1.165) is 6.42 Å². The van der Waals surface area contributed by atoms with Crippen LogP contribution in [0.25, 0.3) is 0 Å². The third kappa shape index (κ3) is 5.57. The molecule has 0 aromatic heterocycles. The summed E-state index contributed by atoms with van der Waals surface area (Å²) >= 11 is 4.47. The van der Waals surface area contributed by atoms with E-state index < -0.39 is 5.31 Å². The third-order valence-corrected chi connectivity index (χ3v) is 15.2. The Labute approximate surface area is 197 Å². The average Bonchev–Trinajstić information content (AvgIpc) is 2.84. The van der Waals surface area contributed by atoms with Crippen LogP contribution in [0.1, 0.15) is 58.3 Å². The van der Waals surface area contributed by atoms with Crippen LogP contribution in [0, 0.1) is 0 Å². The molecule has 0 heterocycles. The van der Waals surface area contributed by atoms with Crippen molar-refractivity contribution in [2.75, 3.05) is 0 Å². The van der Waals surface area contributed by atoms with Crippen molar-refractivity contribution < 1.29 is 0 Å². The Morgan fingerprint density at radius 1 is 0.581 bits per heavy atom. The molecule has 0 fully saturated rings. The predicted octanol–water partition coefficient (Wildman–Crippen LogP) is 8.48. The zero-order valence-electron chi connectivity index (χ0n) is 18.8. The molecule has 3 aromatic rings. The van der Waals surface area contributed by atoms with E-state index in [0.29, 0.717) is 0 Å². The van der Waals surface area contributed by atoms with Gasteiger partial charge in [-0.25, -0.2) is 0 Å². The summed E-state index contributed by atoms with van der Waals surface area (Å²) in [7, 11) is 0. The normalized spacial score (nSPS) is 13.2. The summed E-state index contributed by atoms with van der Waals surface area (Å²) in [5.41, 5.74) is 0. The molecule has 0 unspecified atom stereocenters. The maximum absolute atomic E-state index is 4.47. The van der Waals surface area contributed by atoms with E-state index >= 15 is 0 Å². The molecule has 0 aliphatic rings. The molecule has 3 rings (SSSR count). The number of hydrogen-bond donors (Lipinski definition) is 0. The molecule has 0 N–H and O–H groups in total. The second-order valence-electron chi connectivity index (χ2n) is 8.38. The molecule has 0 nitrogen and oxygen atoms in total. The molecule has 164 valence electrons. The van der Waals surface area contributed by atoms with Crippen LogP contribution in [0.4, 0.5) is 0 Å². The van der Waals surface area contributed by atoms with E-state index in [4.69, 9.17) is 0 Å². The molecule has 0 aliphatic heterocycles. The fourth-order valence-electron chi connectivity index (χ4n) is 4.36. The van der Waals surface area contributed by atoms with Crippen LogP contribution in [0.2, 0.25) is 0 Å². The van der Waals surface area contributed by atoms with Gasteiger partial charge in [0.15, 0.2) is 0 Å². The maximum atomic E-state index is 4.47. The van der Waals surface area contributed by atoms with Crippen LogP contribution in [0.3, 0.4) is 0 Å². The Bertz CT molecular complexity index is 819. The van der Waals surface area contributed by atoms with E-state index in [9.17, 15) is 0 Å². The summed E-state index contributed by atoms with van der Waals surface area (Å²) < 4.78 is 0. The fourth-order valence-corrected chi connectivity index (χ4v) is 11.2. The number of allylic oxidation sites excluding steroid dienone is 1. The molecule has 0 amide bonds. The summed E-state index contributed by atoms with van der Waals surface area (Å²) in [6.45, 7) is 2.28. The van der Waals surface area contributed by atoms with Gasteiger partial charge in [-0.05, 0) is 0 Å². The molecular weight excluding hydrogens is 459 g/mol. The van der Waals surface area contributed by atoms with Gasteiger partial charge in [0, 0.05) is 0 Å². The molecule has 0 atom stereocenters. The van der Waals surface area contributed by atoms with Gasteiger partial charge in [0.1, 0.15) is 0 Å². The Balaban J connectivity index is 1.93. The summed E-state index contributed by atoms with van der Waals surface area (Å²) in [6, 6.07) is 33.0. The van der Waals surface area contributed by atoms with Gasteiger partial charge in [0.25, 0.3) is 0 Å². The van der Waals surface area contributed by atoms with Crippen molar-refractivity contribution in [2.24, 2.45) is 0 Å². The quantitative estimate of drug-likeness (QED) is 0.175. The number of hydrogen-bond acceptors (Lipinski definition) is 0. The fraction of sp³-hybridized carbons (Fsp3) is 0.310. The molecule has 3 aromatic carbocycles. The third-order valence-electron chi connectivity index (χ3n) is 6.14. The van der Waals surface area contributed by atoms with Crippen LogP contribution in [-0.4, -0.2) is 0 Å². The van der Waals surface area contributed by atoms with Gasteiger partial charge in [0.05, 0.1) is 0 Å². The van der Waals surface area contributed by atoms with E-state index in [1.54, 1.807) is 0 Å². The van der Waals surface area contributed by atoms with Crippen molar-refractivity contribution in [3.8, 4) is 0 Å². The molecule has 0 spiro atoms. The van der Waals surface area contributed by atoms with Crippen molar-refractivity contribution in [2.45, 2.75) is 58.3 Å². The first kappa shape index (κ1) is 24.0. The molecule has 31 heavy (non-hydrogen) atoms. The topological polar surface area (TPSA) is 0 Å². The van der Waals surface area contributed by atoms with Crippen molar-refractivity contribution in [1.82, 2.24) is 0 Å². The van der Waals surface area contributed by atoms with Crippen molar-refractivity contribution in [3.05, 3.63) is 103 Å². The van der Waals surface area contributed by atoms with Crippen molar-refractivity contribution in [3.63, 3.8) is 0 Å². The first-order chi connectivity index (χ1) is 15.2. The van der Waals surface area contributed by atoms with Gasteiger partial charge in [0.2, 0.25) is 0 Å². The van der Waals surface area contributed by atoms with E-state index in [-0.39, 0.29) is 0 Å². The molecule has 0 radical (unpaired) electrons. The molecule has 0 aliphatic carbocycles. The van der Waals surface area contributed by atoms with Crippen LogP contribution in [0.5, 0.6) is 0 Å². The zero-order chi connectivity index (χ0) is 21.9. The average molecular weight is 495 g/mol. The second kappa shape index (κ2) is 11.8. The molecular formula is C29H36BrP. The van der Waals surface area contributed by atoms with E-state index in [2.05, 4.69) is 125 Å². The standard InChI is InChI=1S/C29H36BrP/c1-2-3-4-5-6-7-8-9-19-26-31(30,27-20-13-10-14-21-27,28-22-15-11-16-23-28)29-24-17-12-18-25-29/h10-26H,2-9H2,1H3. The Kier molecular flexibility index (Phi) is 9.12. The summed E-state index contributed by atoms with van der Waals surface area (Å²) in [6.07, 6.45) is 13.0. The summed E-state index contributed by atoms with van der Waals surface area (Å²) in [4.78, 5) is 0. The van der Waals surface area contributed by atoms with Gasteiger partial charge in [-0.3, -0.25) is 0 Å². The second-order valence-corrected chi connectivity index (χ2v) is 16.8. The van der Waals surface area contributed by atoms with Crippen LogP contribution in [-0.2, 0) is 0 Å². The monoisotopic (exact) mass is 494 g/mol. The minimum atomic E-state index is -2.89. The summed E-state index contributed by atoms with van der Waals surface area (Å²) in [5, 5.41) is 1.16. The summed E-state index contributed by atoms with van der Waals surface area (Å²) in [5.74, 6) is 2.52. The van der Waals surface area contributed by atoms with Gasteiger partial charge in [-0.15, -0.1) is 0 Å². The van der Waals surface area contributed by atoms with Gasteiger partial charge < -0.3 is 0 Å². The molecule has 0 bridgehead atoms. The van der Waals surface area contributed by atoms with Crippen LogP contribution < -0.4 is 15.9 Å². The number of benzene rings is 3. The Hall–Kier alpha value is -1.69. The van der Waals surface area contributed by atoms with Gasteiger partial charge in [-0.1, -0.05) is 0 Å². The van der Waals surface area contributed by atoms with Gasteiger partial charge in [-0.2, -0.15) is 0 Å². The van der Waals surface area contributed by atoms with Crippen LogP contribution in [0.15, 0.2) is 103 Å². The SMILES string of the molecule is CCCCCCCCCC=CP(Br)(c1ccccc1)(c1ccccc1)c1ccccc1. The first-order valence-electron chi connectivity index (χ1n) is 11.8. The van der Waals surface area contributed by atoms with Gasteiger partial charge >= 0.3 is 198 Å². The zero-order valence-corrected chi connectivity index (χ0v) is 21.3.